The summed E-state index contributed by atoms with van der Waals surface area (Å²) in [5, 5.41) is 2.88. The van der Waals surface area contributed by atoms with E-state index in [0.717, 1.165) is 6.42 Å². The van der Waals surface area contributed by atoms with Gasteiger partial charge in [-0.2, -0.15) is 12.7 Å². The molecule has 1 heterocycles. The summed E-state index contributed by atoms with van der Waals surface area (Å²) in [5.74, 6) is 0.276. The van der Waals surface area contributed by atoms with E-state index in [1.165, 1.54) is 8.61 Å². The molecular weight excluding hydrogens is 394 g/mol. The van der Waals surface area contributed by atoms with Crippen molar-refractivity contribution in [2.24, 2.45) is 5.92 Å². The van der Waals surface area contributed by atoms with Crippen LogP contribution in [0.15, 0.2) is 24.3 Å². The van der Waals surface area contributed by atoms with Gasteiger partial charge >= 0.3 is 10.2 Å². The summed E-state index contributed by atoms with van der Waals surface area (Å²) in [7, 11) is -2.10. The van der Waals surface area contributed by atoms with Crippen LogP contribution in [0.4, 0.5) is 5.69 Å². The lowest BCUT2D eigenvalue weighted by Crippen LogP contribution is -2.50. The SMILES string of the molecule is CCOc1ccc(N(CC)S(=O)(=O)N2CCC[C@H](C(=O)NCCCOC)C2)cc1. The zero-order valence-corrected chi connectivity index (χ0v) is 18.4. The molecule has 1 aliphatic rings. The van der Waals surface area contributed by atoms with Gasteiger partial charge in [0, 0.05) is 39.9 Å². The van der Waals surface area contributed by atoms with Gasteiger partial charge in [0.25, 0.3) is 0 Å². The van der Waals surface area contributed by atoms with Gasteiger partial charge < -0.3 is 14.8 Å². The lowest BCUT2D eigenvalue weighted by Gasteiger charge is -2.35. The van der Waals surface area contributed by atoms with Crippen molar-refractivity contribution in [2.75, 3.05) is 50.8 Å². The highest BCUT2D eigenvalue weighted by molar-refractivity contribution is 7.90. The zero-order valence-electron chi connectivity index (χ0n) is 17.6. The van der Waals surface area contributed by atoms with Crippen molar-refractivity contribution >= 4 is 21.8 Å². The van der Waals surface area contributed by atoms with Crippen molar-refractivity contribution in [3.8, 4) is 5.75 Å². The van der Waals surface area contributed by atoms with Crippen LogP contribution in [0, 0.1) is 5.92 Å². The number of anilines is 1. The number of nitrogens with zero attached hydrogens (tertiary/aromatic N) is 2. The average molecular weight is 428 g/mol. The van der Waals surface area contributed by atoms with Crippen LogP contribution in [-0.2, 0) is 19.7 Å². The van der Waals surface area contributed by atoms with Gasteiger partial charge in [-0.25, -0.2) is 0 Å². The Morgan fingerprint density at radius 2 is 2.00 bits per heavy atom. The van der Waals surface area contributed by atoms with E-state index in [9.17, 15) is 13.2 Å². The summed E-state index contributed by atoms with van der Waals surface area (Å²) in [6.07, 6.45) is 2.09. The number of benzene rings is 1. The first-order valence-electron chi connectivity index (χ1n) is 10.2. The van der Waals surface area contributed by atoms with E-state index in [1.54, 1.807) is 38.3 Å². The number of carbonyl (C=O) groups is 1. The van der Waals surface area contributed by atoms with Gasteiger partial charge in [-0.15, -0.1) is 0 Å². The number of hydrogen-bond acceptors (Lipinski definition) is 5. The third-order valence-corrected chi connectivity index (χ3v) is 6.92. The molecule has 0 aliphatic carbocycles. The predicted octanol–water partition coefficient (Wildman–Crippen LogP) is 2.02. The average Bonchev–Trinajstić information content (AvgIpc) is 2.73. The standard InChI is InChI=1S/C20H33N3O5S/c1-4-23(18-9-11-19(12-10-18)28-5-2)29(25,26)22-14-6-8-17(16-22)20(24)21-13-7-15-27-3/h9-12,17H,4-8,13-16H2,1-3H3,(H,21,24)/t17-/m0/s1. The van der Waals surface area contributed by atoms with Crippen LogP contribution in [0.25, 0.3) is 0 Å². The molecule has 0 spiro atoms. The van der Waals surface area contributed by atoms with Gasteiger partial charge in [0.1, 0.15) is 5.75 Å². The van der Waals surface area contributed by atoms with Crippen LogP contribution in [0.2, 0.25) is 0 Å². The zero-order chi connectivity index (χ0) is 21.3. The summed E-state index contributed by atoms with van der Waals surface area (Å²) in [6, 6.07) is 7.03. The molecule has 0 saturated carbocycles. The van der Waals surface area contributed by atoms with Crippen molar-refractivity contribution in [1.82, 2.24) is 9.62 Å². The lowest BCUT2D eigenvalue weighted by atomic mass is 9.99. The molecule has 1 aromatic carbocycles. The maximum atomic E-state index is 13.3. The van der Waals surface area contributed by atoms with Crippen molar-refractivity contribution in [2.45, 2.75) is 33.1 Å². The van der Waals surface area contributed by atoms with Crippen LogP contribution in [0.1, 0.15) is 33.1 Å². The Balaban J connectivity index is 2.06. The molecule has 1 amide bonds. The monoisotopic (exact) mass is 427 g/mol. The van der Waals surface area contributed by atoms with E-state index in [4.69, 9.17) is 9.47 Å². The molecule has 0 bridgehead atoms. The molecule has 164 valence electrons. The predicted molar refractivity (Wildman–Crippen MR) is 113 cm³/mol. The van der Waals surface area contributed by atoms with Gasteiger partial charge in [0.2, 0.25) is 5.91 Å². The molecule has 9 heteroatoms. The second kappa shape index (κ2) is 11.4. The van der Waals surface area contributed by atoms with Gasteiger partial charge in [-0.05, 0) is 57.4 Å². The Bertz CT molecular complexity index is 739. The number of methoxy groups -OCH3 is 1. The number of hydrogen-bond donors (Lipinski definition) is 1. The van der Waals surface area contributed by atoms with Crippen molar-refractivity contribution in [3.05, 3.63) is 24.3 Å². The summed E-state index contributed by atoms with van der Waals surface area (Å²) in [6.45, 7) is 6.30. The summed E-state index contributed by atoms with van der Waals surface area (Å²) < 4.78 is 39.8. The maximum absolute atomic E-state index is 13.3. The van der Waals surface area contributed by atoms with Gasteiger partial charge in [-0.1, -0.05) is 0 Å². The van der Waals surface area contributed by atoms with E-state index in [-0.39, 0.29) is 18.4 Å². The fraction of sp³-hybridized carbons (Fsp3) is 0.650. The topological polar surface area (TPSA) is 88.2 Å². The first kappa shape index (κ1) is 23.4. The molecule has 0 unspecified atom stereocenters. The van der Waals surface area contributed by atoms with E-state index in [1.807, 2.05) is 6.92 Å². The van der Waals surface area contributed by atoms with Crippen LogP contribution in [0.5, 0.6) is 5.75 Å². The van der Waals surface area contributed by atoms with Gasteiger partial charge in [0.15, 0.2) is 0 Å². The molecule has 1 atom stereocenters. The molecule has 0 aromatic heterocycles. The molecule has 1 N–H and O–H groups in total. The molecule has 1 fully saturated rings. The number of ether oxygens (including phenoxy) is 2. The first-order valence-corrected chi connectivity index (χ1v) is 11.6. The fourth-order valence-corrected chi connectivity index (χ4v) is 5.15. The van der Waals surface area contributed by atoms with E-state index in [0.29, 0.717) is 57.1 Å². The van der Waals surface area contributed by atoms with E-state index in [2.05, 4.69) is 5.32 Å². The van der Waals surface area contributed by atoms with Crippen molar-refractivity contribution < 1.29 is 22.7 Å². The second-order valence-electron chi connectivity index (χ2n) is 6.93. The Morgan fingerprint density at radius 3 is 2.62 bits per heavy atom. The summed E-state index contributed by atoms with van der Waals surface area (Å²) in [4.78, 5) is 12.4. The molecule has 8 nitrogen and oxygen atoms in total. The number of piperidine rings is 1. The van der Waals surface area contributed by atoms with Crippen LogP contribution >= 0.6 is 0 Å². The molecule has 2 rings (SSSR count). The van der Waals surface area contributed by atoms with Crippen LogP contribution in [-0.4, -0.2) is 65.1 Å². The number of amides is 1. The van der Waals surface area contributed by atoms with E-state index >= 15 is 0 Å². The first-order chi connectivity index (χ1) is 13.9. The smallest absolute Gasteiger partial charge is 0.304 e. The van der Waals surface area contributed by atoms with Crippen LogP contribution in [0.3, 0.4) is 0 Å². The number of carbonyl (C=O) groups excluding carboxylic acids is 1. The van der Waals surface area contributed by atoms with Crippen molar-refractivity contribution in [3.63, 3.8) is 0 Å². The summed E-state index contributed by atoms with van der Waals surface area (Å²) >= 11 is 0. The van der Waals surface area contributed by atoms with Gasteiger partial charge in [0.05, 0.1) is 18.2 Å². The Morgan fingerprint density at radius 1 is 1.28 bits per heavy atom. The third kappa shape index (κ3) is 6.32. The minimum absolute atomic E-state index is 0.0925. The minimum Gasteiger partial charge on any atom is -0.494 e. The molecule has 29 heavy (non-hydrogen) atoms. The number of nitrogens with one attached hydrogen (secondary N) is 1. The fourth-order valence-electron chi connectivity index (χ4n) is 3.43. The Kier molecular flexibility index (Phi) is 9.19. The van der Waals surface area contributed by atoms with E-state index < -0.39 is 10.2 Å². The van der Waals surface area contributed by atoms with Crippen LogP contribution < -0.4 is 14.4 Å². The molecule has 1 saturated heterocycles. The number of rotatable bonds is 11. The summed E-state index contributed by atoms with van der Waals surface area (Å²) in [5.41, 5.74) is 0.585. The van der Waals surface area contributed by atoms with Gasteiger partial charge in [-0.3, -0.25) is 9.10 Å². The van der Waals surface area contributed by atoms with Crippen molar-refractivity contribution in [1.29, 1.82) is 0 Å². The molecule has 0 radical (unpaired) electrons. The second-order valence-corrected chi connectivity index (χ2v) is 8.79. The Labute approximate surface area is 174 Å². The normalized spacial score (nSPS) is 17.7. The highest BCUT2D eigenvalue weighted by Crippen LogP contribution is 2.26. The highest BCUT2D eigenvalue weighted by atomic mass is 32.2. The maximum Gasteiger partial charge on any atom is 0.304 e. The highest BCUT2D eigenvalue weighted by Gasteiger charge is 2.35. The molecule has 1 aromatic rings. The quantitative estimate of drug-likeness (QED) is 0.546. The minimum atomic E-state index is -3.72. The molecule has 1 aliphatic heterocycles. The Hall–Kier alpha value is -1.84. The third-order valence-electron chi connectivity index (χ3n) is 4.91. The molecular formula is C20H33N3O5S. The largest absolute Gasteiger partial charge is 0.494 e. The lowest BCUT2D eigenvalue weighted by molar-refractivity contribution is -0.126.